The second-order valence-corrected chi connectivity index (χ2v) is 11.2. The lowest BCUT2D eigenvalue weighted by molar-refractivity contribution is -0.152. The molecule has 0 bridgehead atoms. The number of sulfonamides is 1. The quantitative estimate of drug-likeness (QED) is 0.328. The fourth-order valence-corrected chi connectivity index (χ4v) is 7.09. The first-order valence-electron chi connectivity index (χ1n) is 9.59. The van der Waals surface area contributed by atoms with Gasteiger partial charge in [-0.25, -0.2) is 8.42 Å². The van der Waals surface area contributed by atoms with E-state index in [0.29, 0.717) is 6.42 Å². The second kappa shape index (κ2) is 8.35. The number of benzene rings is 2. The Morgan fingerprint density at radius 1 is 1.14 bits per heavy atom. The number of hydrogen-bond acceptors (Lipinski definition) is 4. The maximum atomic E-state index is 13.8. The molecule has 7 heteroatoms. The average molecular weight is 527 g/mol. The predicted octanol–water partition coefficient (Wildman–Crippen LogP) is 4.43. The van der Waals surface area contributed by atoms with Crippen molar-refractivity contribution in [2.45, 2.75) is 60.6 Å². The van der Waals surface area contributed by atoms with Gasteiger partial charge in [0, 0.05) is 3.92 Å². The van der Waals surface area contributed by atoms with Gasteiger partial charge in [0.2, 0.25) is 10.0 Å². The molecule has 1 aliphatic rings. The summed E-state index contributed by atoms with van der Waals surface area (Å²) in [6.07, 6.45) is 0.0745. The van der Waals surface area contributed by atoms with Gasteiger partial charge in [0.05, 0.1) is 16.5 Å². The fourth-order valence-electron chi connectivity index (χ4n) is 3.81. The van der Waals surface area contributed by atoms with Crippen LogP contribution in [0.25, 0.3) is 0 Å². The van der Waals surface area contributed by atoms with Crippen molar-refractivity contribution in [2.75, 3.05) is 0 Å². The molecule has 29 heavy (non-hydrogen) atoms. The summed E-state index contributed by atoms with van der Waals surface area (Å²) in [7, 11) is -3.95. The van der Waals surface area contributed by atoms with E-state index in [1.807, 2.05) is 44.2 Å². The third kappa shape index (κ3) is 4.09. The normalized spacial score (nSPS) is 25.3. The molecule has 1 heterocycles. The molecule has 1 saturated heterocycles. The van der Waals surface area contributed by atoms with Crippen LogP contribution in [0.1, 0.15) is 38.3 Å². The number of halogens is 1. The Morgan fingerprint density at radius 3 is 2.28 bits per heavy atom. The van der Waals surface area contributed by atoms with Crippen LogP contribution in [0.5, 0.6) is 0 Å². The summed E-state index contributed by atoms with van der Waals surface area (Å²) in [5, 5.41) is 0. The van der Waals surface area contributed by atoms with E-state index in [0.717, 1.165) is 11.1 Å². The van der Waals surface area contributed by atoms with Crippen molar-refractivity contribution >= 4 is 38.6 Å². The molecule has 1 aliphatic heterocycles. The van der Waals surface area contributed by atoms with Crippen molar-refractivity contribution in [1.82, 2.24) is 4.31 Å². The average Bonchev–Trinajstić information content (AvgIpc) is 2.95. The monoisotopic (exact) mass is 527 g/mol. The van der Waals surface area contributed by atoms with Crippen LogP contribution >= 0.6 is 22.6 Å². The molecule has 3 rings (SSSR count). The lowest BCUT2D eigenvalue weighted by Crippen LogP contribution is -2.51. The van der Waals surface area contributed by atoms with Crippen LogP contribution in [-0.4, -0.2) is 34.8 Å². The van der Waals surface area contributed by atoms with Crippen molar-refractivity contribution in [3.05, 3.63) is 65.7 Å². The highest BCUT2D eigenvalue weighted by molar-refractivity contribution is 14.1. The zero-order valence-electron chi connectivity index (χ0n) is 17.0. The molecule has 5 nitrogen and oxygen atoms in total. The van der Waals surface area contributed by atoms with Crippen LogP contribution in [-0.2, 0) is 25.1 Å². The van der Waals surface area contributed by atoms with Crippen LogP contribution in [0.15, 0.2) is 59.5 Å². The Morgan fingerprint density at radius 2 is 1.72 bits per heavy atom. The minimum Gasteiger partial charge on any atom is -0.462 e. The van der Waals surface area contributed by atoms with Gasteiger partial charge in [-0.15, -0.1) is 0 Å². The molecule has 0 N–H and O–H groups in total. The van der Waals surface area contributed by atoms with Crippen LogP contribution in [0, 0.1) is 6.92 Å². The Balaban J connectivity index is 2.18. The number of aryl methyl sites for hydroxylation is 1. The summed E-state index contributed by atoms with van der Waals surface area (Å²) in [4.78, 5) is 13.1. The van der Waals surface area contributed by atoms with Gasteiger partial charge in [0.15, 0.2) is 0 Å². The van der Waals surface area contributed by atoms with Gasteiger partial charge in [-0.3, -0.25) is 4.79 Å². The molecule has 3 atom stereocenters. The van der Waals surface area contributed by atoms with E-state index in [4.69, 9.17) is 4.74 Å². The molecule has 2 aromatic rings. The number of nitrogens with zero attached hydrogens (tertiary/aromatic N) is 1. The number of alkyl halides is 1. The van der Waals surface area contributed by atoms with Gasteiger partial charge in [0.1, 0.15) is 6.04 Å². The summed E-state index contributed by atoms with van der Waals surface area (Å²) in [6.45, 7) is 7.34. The third-order valence-corrected chi connectivity index (χ3v) is 9.08. The number of rotatable bonds is 5. The fraction of sp³-hybridized carbons (Fsp3) is 0.409. The summed E-state index contributed by atoms with van der Waals surface area (Å²) in [5.74, 6) is -0.503. The lowest BCUT2D eigenvalue weighted by Gasteiger charge is -2.38. The van der Waals surface area contributed by atoms with E-state index in [-0.39, 0.29) is 14.9 Å². The zero-order valence-corrected chi connectivity index (χ0v) is 20.0. The predicted molar refractivity (Wildman–Crippen MR) is 121 cm³/mol. The van der Waals surface area contributed by atoms with Crippen molar-refractivity contribution in [3.8, 4) is 0 Å². The topological polar surface area (TPSA) is 63.7 Å². The van der Waals surface area contributed by atoms with Crippen LogP contribution in [0.4, 0.5) is 0 Å². The molecule has 0 saturated carbocycles. The van der Waals surface area contributed by atoms with Gasteiger partial charge in [-0.2, -0.15) is 4.31 Å². The standard InChI is InChI=1S/C22H26INO4S/c1-15(2)28-21(25)19-14-20(23)22(4,17-8-6-5-7-9-17)24(19)29(26,27)18-12-10-16(3)11-13-18/h5-13,15,19-20H,14H2,1-4H3/t19-,20+,22-/m1/s1. The summed E-state index contributed by atoms with van der Waals surface area (Å²) >= 11 is 2.26. The molecule has 0 spiro atoms. The van der Waals surface area contributed by atoms with Crippen molar-refractivity contribution in [2.24, 2.45) is 0 Å². The molecule has 0 aliphatic carbocycles. The minimum atomic E-state index is -3.95. The summed E-state index contributed by atoms with van der Waals surface area (Å²) in [6, 6.07) is 15.4. The first-order chi connectivity index (χ1) is 13.6. The van der Waals surface area contributed by atoms with E-state index in [1.54, 1.807) is 38.1 Å². The maximum absolute atomic E-state index is 13.8. The minimum absolute atomic E-state index is 0.104. The second-order valence-electron chi connectivity index (χ2n) is 7.83. The molecule has 0 amide bonds. The van der Waals surface area contributed by atoms with Crippen molar-refractivity contribution in [1.29, 1.82) is 0 Å². The molecule has 2 aromatic carbocycles. The van der Waals surface area contributed by atoms with Crippen molar-refractivity contribution < 1.29 is 17.9 Å². The zero-order chi connectivity index (χ0) is 21.4. The first kappa shape index (κ1) is 22.2. The molecule has 0 aromatic heterocycles. The highest BCUT2D eigenvalue weighted by Crippen LogP contribution is 2.49. The van der Waals surface area contributed by atoms with Gasteiger partial charge >= 0.3 is 5.97 Å². The van der Waals surface area contributed by atoms with Crippen molar-refractivity contribution in [3.63, 3.8) is 0 Å². The Labute approximate surface area is 186 Å². The van der Waals surface area contributed by atoms with Crippen LogP contribution in [0.2, 0.25) is 0 Å². The lowest BCUT2D eigenvalue weighted by atomic mass is 9.90. The highest BCUT2D eigenvalue weighted by atomic mass is 127. The highest BCUT2D eigenvalue weighted by Gasteiger charge is 2.58. The third-order valence-electron chi connectivity index (χ3n) is 5.34. The molecular weight excluding hydrogens is 501 g/mol. The van der Waals surface area contributed by atoms with Gasteiger partial charge in [-0.05, 0) is 51.8 Å². The van der Waals surface area contributed by atoms with Gasteiger partial charge in [0.25, 0.3) is 0 Å². The SMILES string of the molecule is Cc1ccc(S(=O)(=O)N2[C@@H](C(=O)OC(C)C)C[C@H](I)[C@@]2(C)c2ccccc2)cc1. The largest absolute Gasteiger partial charge is 0.462 e. The Kier molecular flexibility index (Phi) is 6.41. The van der Waals surface area contributed by atoms with E-state index >= 15 is 0 Å². The maximum Gasteiger partial charge on any atom is 0.324 e. The van der Waals surface area contributed by atoms with Gasteiger partial charge in [-0.1, -0.05) is 70.6 Å². The first-order valence-corrected chi connectivity index (χ1v) is 12.3. The summed E-state index contributed by atoms with van der Waals surface area (Å²) in [5.41, 5.74) is 0.945. The summed E-state index contributed by atoms with van der Waals surface area (Å²) < 4.78 is 34.3. The molecule has 0 radical (unpaired) electrons. The van der Waals surface area contributed by atoms with E-state index < -0.39 is 27.6 Å². The van der Waals surface area contributed by atoms with Crippen LogP contribution in [0.3, 0.4) is 0 Å². The van der Waals surface area contributed by atoms with Gasteiger partial charge < -0.3 is 4.74 Å². The van der Waals surface area contributed by atoms with E-state index in [2.05, 4.69) is 22.6 Å². The Bertz CT molecular complexity index is 976. The van der Waals surface area contributed by atoms with E-state index in [9.17, 15) is 13.2 Å². The molecule has 156 valence electrons. The van der Waals surface area contributed by atoms with Crippen LogP contribution < -0.4 is 0 Å². The number of hydrogen-bond donors (Lipinski definition) is 0. The number of carbonyl (C=O) groups is 1. The number of esters is 1. The number of carbonyl (C=O) groups excluding carboxylic acids is 1. The smallest absolute Gasteiger partial charge is 0.324 e. The molecule has 0 unspecified atom stereocenters. The molecular formula is C22H26INO4S. The number of ether oxygens (including phenoxy) is 1. The molecule has 1 fully saturated rings. The Hall–Kier alpha value is -1.45. The van der Waals surface area contributed by atoms with E-state index in [1.165, 1.54) is 4.31 Å².